The van der Waals surface area contributed by atoms with Gasteiger partial charge in [-0.15, -0.1) is 0 Å². The number of carbonyl (C=O) groups excluding carboxylic acids is 1. The van der Waals surface area contributed by atoms with E-state index in [1.165, 1.54) is 19.5 Å². The number of rotatable bonds is 8. The van der Waals surface area contributed by atoms with Crippen molar-refractivity contribution < 1.29 is 9.53 Å². The first-order valence-electron chi connectivity index (χ1n) is 6.31. The maximum Gasteiger partial charge on any atom is 0.243 e. The molecule has 18 heavy (non-hydrogen) atoms. The third kappa shape index (κ3) is 4.07. The standard InChI is InChI=1S/C13H21N3O2/c1-3-10(6-7-14)4-5-11(17)12-13(18-2)16-9-8-15-12/h8-10H,3-7,14H2,1-2H3. The van der Waals surface area contributed by atoms with Gasteiger partial charge in [-0.05, 0) is 25.3 Å². The molecule has 2 N–H and O–H groups in total. The van der Waals surface area contributed by atoms with Crippen molar-refractivity contribution in [1.29, 1.82) is 0 Å². The predicted molar refractivity (Wildman–Crippen MR) is 69.6 cm³/mol. The van der Waals surface area contributed by atoms with Crippen molar-refractivity contribution in [2.45, 2.75) is 32.6 Å². The third-order valence-electron chi connectivity index (χ3n) is 3.05. The summed E-state index contributed by atoms with van der Waals surface area (Å²) in [6, 6.07) is 0. The van der Waals surface area contributed by atoms with E-state index in [-0.39, 0.29) is 5.78 Å². The Labute approximate surface area is 108 Å². The number of nitrogens with zero attached hydrogens (tertiary/aromatic N) is 2. The van der Waals surface area contributed by atoms with E-state index in [1.807, 2.05) is 0 Å². The maximum atomic E-state index is 12.0. The average molecular weight is 251 g/mol. The predicted octanol–water partition coefficient (Wildman–Crippen LogP) is 1.82. The van der Waals surface area contributed by atoms with Crippen molar-refractivity contribution in [3.8, 4) is 5.88 Å². The van der Waals surface area contributed by atoms with Crippen LogP contribution in [0, 0.1) is 5.92 Å². The summed E-state index contributed by atoms with van der Waals surface area (Å²) in [7, 11) is 1.49. The molecule has 1 heterocycles. The molecule has 0 saturated carbocycles. The smallest absolute Gasteiger partial charge is 0.243 e. The van der Waals surface area contributed by atoms with Crippen LogP contribution >= 0.6 is 0 Å². The molecule has 1 aromatic heterocycles. The Kier molecular flexibility index (Phi) is 6.28. The summed E-state index contributed by atoms with van der Waals surface area (Å²) in [6.45, 7) is 2.79. The first kappa shape index (κ1) is 14.6. The number of Topliss-reactive ketones (excluding diaryl/α,β-unsaturated/α-hetero) is 1. The Bertz CT molecular complexity index is 382. The van der Waals surface area contributed by atoms with E-state index in [4.69, 9.17) is 10.5 Å². The molecule has 0 bridgehead atoms. The highest BCUT2D eigenvalue weighted by Gasteiger charge is 2.16. The number of ether oxygens (including phenoxy) is 1. The largest absolute Gasteiger partial charge is 0.479 e. The summed E-state index contributed by atoms with van der Waals surface area (Å²) >= 11 is 0. The first-order chi connectivity index (χ1) is 8.72. The van der Waals surface area contributed by atoms with E-state index >= 15 is 0 Å². The zero-order valence-corrected chi connectivity index (χ0v) is 11.1. The highest BCUT2D eigenvalue weighted by Crippen LogP contribution is 2.19. The molecule has 0 amide bonds. The van der Waals surface area contributed by atoms with Crippen molar-refractivity contribution in [3.05, 3.63) is 18.1 Å². The van der Waals surface area contributed by atoms with Crippen molar-refractivity contribution in [2.75, 3.05) is 13.7 Å². The van der Waals surface area contributed by atoms with Crippen LogP contribution in [0.3, 0.4) is 0 Å². The van der Waals surface area contributed by atoms with Crippen LogP contribution in [0.2, 0.25) is 0 Å². The van der Waals surface area contributed by atoms with Crippen molar-refractivity contribution in [1.82, 2.24) is 9.97 Å². The van der Waals surface area contributed by atoms with E-state index in [1.54, 1.807) is 0 Å². The third-order valence-corrected chi connectivity index (χ3v) is 3.05. The molecule has 1 aromatic rings. The van der Waals surface area contributed by atoms with Gasteiger partial charge in [0.05, 0.1) is 7.11 Å². The summed E-state index contributed by atoms with van der Waals surface area (Å²) in [5.74, 6) is 0.784. The lowest BCUT2D eigenvalue weighted by Gasteiger charge is -2.12. The number of ketones is 1. The second-order valence-electron chi connectivity index (χ2n) is 4.23. The van der Waals surface area contributed by atoms with E-state index < -0.39 is 0 Å². The van der Waals surface area contributed by atoms with Crippen LogP contribution in [0.5, 0.6) is 5.88 Å². The van der Waals surface area contributed by atoms with Crippen LogP contribution < -0.4 is 10.5 Å². The number of carbonyl (C=O) groups is 1. The molecule has 0 radical (unpaired) electrons. The van der Waals surface area contributed by atoms with Crippen molar-refractivity contribution >= 4 is 5.78 Å². The second kappa shape index (κ2) is 7.76. The van der Waals surface area contributed by atoms with Crippen molar-refractivity contribution in [3.63, 3.8) is 0 Å². The van der Waals surface area contributed by atoms with Crippen LogP contribution in [0.1, 0.15) is 43.1 Å². The maximum absolute atomic E-state index is 12.0. The molecule has 5 heteroatoms. The van der Waals surface area contributed by atoms with Crippen LogP contribution in [0.15, 0.2) is 12.4 Å². The molecular formula is C13H21N3O2. The lowest BCUT2D eigenvalue weighted by molar-refractivity contribution is 0.0963. The fourth-order valence-corrected chi connectivity index (χ4v) is 1.91. The van der Waals surface area contributed by atoms with Crippen molar-refractivity contribution in [2.24, 2.45) is 11.7 Å². The number of methoxy groups -OCH3 is 1. The molecule has 0 aliphatic carbocycles. The molecule has 0 fully saturated rings. The van der Waals surface area contributed by atoms with Gasteiger partial charge in [-0.25, -0.2) is 9.97 Å². The molecule has 0 aromatic carbocycles. The minimum absolute atomic E-state index is 0.0181. The Balaban J connectivity index is 2.59. The molecule has 0 spiro atoms. The van der Waals surface area contributed by atoms with Gasteiger partial charge in [0.1, 0.15) is 0 Å². The number of aromatic nitrogens is 2. The quantitative estimate of drug-likeness (QED) is 0.713. The lowest BCUT2D eigenvalue weighted by atomic mass is 9.95. The lowest BCUT2D eigenvalue weighted by Crippen LogP contribution is -2.12. The highest BCUT2D eigenvalue weighted by atomic mass is 16.5. The van der Waals surface area contributed by atoms with E-state index in [2.05, 4.69) is 16.9 Å². The molecule has 0 aliphatic heterocycles. The van der Waals surface area contributed by atoms with Gasteiger partial charge >= 0.3 is 0 Å². The van der Waals surface area contributed by atoms with E-state index in [9.17, 15) is 4.79 Å². The fraction of sp³-hybridized carbons (Fsp3) is 0.615. The van der Waals surface area contributed by atoms with Gasteiger partial charge in [-0.1, -0.05) is 13.3 Å². The summed E-state index contributed by atoms with van der Waals surface area (Å²) in [5.41, 5.74) is 5.86. The van der Waals surface area contributed by atoms with Gasteiger partial charge in [0.2, 0.25) is 5.88 Å². The first-order valence-corrected chi connectivity index (χ1v) is 6.31. The number of hydrogen-bond donors (Lipinski definition) is 1. The molecule has 100 valence electrons. The zero-order chi connectivity index (χ0) is 13.4. The normalized spacial score (nSPS) is 12.2. The number of hydrogen-bond acceptors (Lipinski definition) is 5. The van der Waals surface area contributed by atoms with E-state index in [0.29, 0.717) is 30.5 Å². The minimum Gasteiger partial charge on any atom is -0.479 e. The van der Waals surface area contributed by atoms with Gasteiger partial charge in [0.25, 0.3) is 0 Å². The van der Waals surface area contributed by atoms with Crippen LogP contribution in [-0.2, 0) is 0 Å². The zero-order valence-electron chi connectivity index (χ0n) is 11.1. The SMILES string of the molecule is CCC(CCN)CCC(=O)c1nccnc1OC. The summed E-state index contributed by atoms with van der Waals surface area (Å²) < 4.78 is 5.03. The van der Waals surface area contributed by atoms with Crippen LogP contribution in [0.25, 0.3) is 0 Å². The second-order valence-corrected chi connectivity index (χ2v) is 4.23. The van der Waals surface area contributed by atoms with E-state index in [0.717, 1.165) is 19.3 Å². The summed E-state index contributed by atoms with van der Waals surface area (Å²) in [5, 5.41) is 0. The minimum atomic E-state index is -0.0181. The highest BCUT2D eigenvalue weighted by molar-refractivity contribution is 5.96. The Morgan fingerprint density at radius 3 is 2.72 bits per heavy atom. The van der Waals surface area contributed by atoms with Gasteiger partial charge in [-0.2, -0.15) is 0 Å². The van der Waals surface area contributed by atoms with Gasteiger partial charge in [0, 0.05) is 18.8 Å². The van der Waals surface area contributed by atoms with Gasteiger partial charge in [-0.3, -0.25) is 4.79 Å². The molecule has 1 atom stereocenters. The Morgan fingerprint density at radius 2 is 2.11 bits per heavy atom. The summed E-state index contributed by atoms with van der Waals surface area (Å²) in [6.07, 6.45) is 6.33. The molecular weight excluding hydrogens is 230 g/mol. The number of nitrogens with two attached hydrogens (primary N) is 1. The molecule has 0 saturated heterocycles. The monoisotopic (exact) mass is 251 g/mol. The van der Waals surface area contributed by atoms with Gasteiger partial charge in [0.15, 0.2) is 11.5 Å². The fourth-order valence-electron chi connectivity index (χ4n) is 1.91. The Hall–Kier alpha value is -1.49. The van der Waals surface area contributed by atoms with Crippen LogP contribution in [0.4, 0.5) is 0 Å². The summed E-state index contributed by atoms with van der Waals surface area (Å²) in [4.78, 5) is 20.0. The average Bonchev–Trinajstić information content (AvgIpc) is 2.42. The Morgan fingerprint density at radius 1 is 1.39 bits per heavy atom. The van der Waals surface area contributed by atoms with Crippen LogP contribution in [-0.4, -0.2) is 29.4 Å². The molecule has 0 aliphatic rings. The topological polar surface area (TPSA) is 78.1 Å². The molecule has 1 unspecified atom stereocenters. The molecule has 1 rings (SSSR count). The molecule has 5 nitrogen and oxygen atoms in total. The van der Waals surface area contributed by atoms with Gasteiger partial charge < -0.3 is 10.5 Å².